The quantitative estimate of drug-likeness (QED) is 0.349. The predicted octanol–water partition coefficient (Wildman–Crippen LogP) is -3.75. The van der Waals surface area contributed by atoms with Crippen LogP contribution < -0.4 is 24.8 Å². The van der Waals surface area contributed by atoms with Gasteiger partial charge in [-0.1, -0.05) is 27.2 Å². The molecule has 0 aromatic heterocycles. The molecule has 1 aliphatic carbocycles. The van der Waals surface area contributed by atoms with Crippen LogP contribution in [0.1, 0.15) is 0 Å². The molecular formula is C13H24Cl2O2Si3Ti. The summed E-state index contributed by atoms with van der Waals surface area (Å²) in [6.45, 7) is 16.3. The van der Waals surface area contributed by atoms with Gasteiger partial charge in [-0.2, -0.15) is 11.3 Å². The summed E-state index contributed by atoms with van der Waals surface area (Å²) in [5, 5.41) is 2.61. The van der Waals surface area contributed by atoms with Crippen molar-refractivity contribution in [2.24, 2.45) is 0 Å². The van der Waals surface area contributed by atoms with Gasteiger partial charge in [-0.15, -0.1) is 6.08 Å². The zero-order valence-corrected chi connectivity index (χ0v) is 20.0. The van der Waals surface area contributed by atoms with Crippen molar-refractivity contribution in [1.29, 1.82) is 0 Å². The Morgan fingerprint density at radius 1 is 1.24 bits per heavy atom. The Morgan fingerprint density at radius 3 is 2.00 bits per heavy atom. The van der Waals surface area contributed by atoms with Crippen LogP contribution in [0.5, 0.6) is 0 Å². The van der Waals surface area contributed by atoms with Crippen LogP contribution in [0.2, 0.25) is 38.8 Å². The summed E-state index contributed by atoms with van der Waals surface area (Å²) in [5.41, 5.74) is 0. The second-order valence-corrected chi connectivity index (χ2v) is 17.9. The minimum atomic E-state index is -1.26. The fourth-order valence-corrected chi connectivity index (χ4v) is 3.99. The Bertz CT molecular complexity index is 365. The SMILES string of the molecule is O=C1[C-]=C2[SiH2]C2=C1.[CH2-][Si](C)(C)CCO[Si](C)(C)C.[Cl-].[Cl-].[Ti+4]. The molecule has 0 aromatic carbocycles. The average Bonchev–Trinajstić information content (AvgIpc) is 2.70. The first-order valence-corrected chi connectivity index (χ1v) is 14.7. The maximum Gasteiger partial charge on any atom is 4.00 e. The van der Waals surface area contributed by atoms with E-state index in [2.05, 4.69) is 45.4 Å². The summed E-state index contributed by atoms with van der Waals surface area (Å²) in [6, 6.07) is 1.19. The van der Waals surface area contributed by atoms with Gasteiger partial charge in [0.2, 0.25) is 0 Å². The molecule has 118 valence electrons. The van der Waals surface area contributed by atoms with Gasteiger partial charge in [-0.25, -0.2) is 5.20 Å². The second-order valence-electron chi connectivity index (χ2n) is 6.69. The molecule has 0 bridgehead atoms. The van der Waals surface area contributed by atoms with E-state index < -0.39 is 16.4 Å². The molecule has 21 heavy (non-hydrogen) atoms. The fraction of sp³-hybridized carbons (Fsp3) is 0.538. The van der Waals surface area contributed by atoms with E-state index >= 15 is 0 Å². The van der Waals surface area contributed by atoms with E-state index in [1.54, 1.807) is 6.08 Å². The number of carbonyl (C=O) groups excluding carboxylic acids is 1. The summed E-state index contributed by atoms with van der Waals surface area (Å²) in [7, 11) is -2.37. The Labute approximate surface area is 161 Å². The molecule has 8 heteroatoms. The first kappa shape index (κ1) is 26.9. The average molecular weight is 415 g/mol. The largest absolute Gasteiger partial charge is 4.00 e. The van der Waals surface area contributed by atoms with E-state index in [1.807, 2.05) is 0 Å². The standard InChI is InChI=1S/C8H21OSi2.C5H3OSi.2ClH.Ti/c1-10(2,3)8-7-9-11(4,5)6;6-3-1-4-5(2-3)7-4;;;/h1,7-8H2,2-6H3;1H,7H2;2*1H;/q2*-1;;;+4/p-2. The molecule has 1 saturated heterocycles. The van der Waals surface area contributed by atoms with E-state index in [9.17, 15) is 4.79 Å². The summed E-state index contributed by atoms with van der Waals surface area (Å²) < 4.78 is 5.74. The first-order valence-electron chi connectivity index (χ1n) is 6.44. The minimum Gasteiger partial charge on any atom is -1.00 e. The molecule has 2 rings (SSSR count). The molecule has 1 heterocycles. The van der Waals surface area contributed by atoms with Gasteiger partial charge in [0.1, 0.15) is 0 Å². The van der Waals surface area contributed by atoms with Gasteiger partial charge in [0.05, 0.1) is 5.78 Å². The number of hydrogen-bond donors (Lipinski definition) is 0. The molecule has 0 radical (unpaired) electrons. The number of allylic oxidation sites excluding steroid dienone is 4. The van der Waals surface area contributed by atoms with Crippen molar-refractivity contribution in [2.45, 2.75) is 38.8 Å². The summed E-state index contributed by atoms with van der Waals surface area (Å²) in [5.74, 6) is 0.0868. The number of ketones is 1. The molecular weight excluding hydrogens is 391 g/mol. The molecule has 2 aliphatic rings. The van der Waals surface area contributed by atoms with Crippen molar-refractivity contribution in [3.8, 4) is 0 Å². The third-order valence-corrected chi connectivity index (χ3v) is 6.65. The molecule has 2 nitrogen and oxygen atoms in total. The number of halogens is 2. The Kier molecular flexibility index (Phi) is 13.8. The summed E-state index contributed by atoms with van der Waals surface area (Å²) in [6.07, 6.45) is 4.45. The molecule has 1 aliphatic heterocycles. The third-order valence-electron chi connectivity index (χ3n) is 2.52. The molecule has 0 spiro atoms. The van der Waals surface area contributed by atoms with Crippen molar-refractivity contribution in [3.63, 3.8) is 0 Å². The van der Waals surface area contributed by atoms with E-state index in [0.717, 1.165) is 6.61 Å². The Morgan fingerprint density at radius 2 is 1.76 bits per heavy atom. The van der Waals surface area contributed by atoms with Crippen LogP contribution in [-0.4, -0.2) is 38.3 Å². The van der Waals surface area contributed by atoms with Crippen molar-refractivity contribution in [3.05, 3.63) is 29.1 Å². The fourth-order valence-electron chi connectivity index (χ4n) is 1.39. The van der Waals surface area contributed by atoms with E-state index in [-0.39, 0.29) is 61.8 Å². The van der Waals surface area contributed by atoms with Crippen molar-refractivity contribution < 1.29 is 55.8 Å². The van der Waals surface area contributed by atoms with Crippen molar-refractivity contribution >= 4 is 31.7 Å². The monoisotopic (exact) mass is 414 g/mol. The smallest absolute Gasteiger partial charge is 1.00 e. The Balaban J connectivity index is -0.000000283. The maximum absolute atomic E-state index is 10.3. The van der Waals surface area contributed by atoms with Gasteiger partial charge >= 0.3 is 21.7 Å². The van der Waals surface area contributed by atoms with E-state index in [4.69, 9.17) is 4.43 Å². The Hall–Kier alpha value is 1.05. The molecule has 0 atom stereocenters. The van der Waals surface area contributed by atoms with Gasteiger partial charge in [0.25, 0.3) is 0 Å². The van der Waals surface area contributed by atoms with Crippen LogP contribution in [0.25, 0.3) is 0 Å². The van der Waals surface area contributed by atoms with Gasteiger partial charge in [0.15, 0.2) is 8.32 Å². The van der Waals surface area contributed by atoms with Crippen molar-refractivity contribution in [2.75, 3.05) is 6.61 Å². The normalized spacial score (nSPS) is 16.2. The minimum absolute atomic E-state index is 0. The van der Waals surface area contributed by atoms with Gasteiger partial charge in [-0.05, 0) is 29.2 Å². The third kappa shape index (κ3) is 14.4. The molecule has 0 amide bonds. The number of fused-ring (bicyclic) bond motifs is 1. The summed E-state index contributed by atoms with van der Waals surface area (Å²) >= 11 is 0. The van der Waals surface area contributed by atoms with Crippen molar-refractivity contribution in [1.82, 2.24) is 0 Å². The van der Waals surface area contributed by atoms with E-state index in [1.165, 1.54) is 16.4 Å². The number of carbonyl (C=O) groups is 1. The van der Waals surface area contributed by atoms with Crippen LogP contribution in [0.15, 0.2) is 16.5 Å². The zero-order chi connectivity index (χ0) is 14.0. The van der Waals surface area contributed by atoms with Crippen LogP contribution >= 0.6 is 0 Å². The molecule has 0 aromatic rings. The van der Waals surface area contributed by atoms with Gasteiger partial charge in [-0.3, -0.25) is 0 Å². The van der Waals surface area contributed by atoms with Crippen LogP contribution in [0.3, 0.4) is 0 Å². The number of rotatable bonds is 4. The van der Waals surface area contributed by atoms with Gasteiger partial charge in [0, 0.05) is 6.61 Å². The van der Waals surface area contributed by atoms with Crippen LogP contribution in [0, 0.1) is 12.6 Å². The van der Waals surface area contributed by atoms with Crippen LogP contribution in [-0.2, 0) is 30.9 Å². The zero-order valence-electron chi connectivity index (χ0n) is 13.5. The summed E-state index contributed by atoms with van der Waals surface area (Å²) in [4.78, 5) is 10.3. The molecule has 0 saturated carbocycles. The van der Waals surface area contributed by atoms with Crippen LogP contribution in [0.4, 0.5) is 0 Å². The molecule has 1 fully saturated rings. The topological polar surface area (TPSA) is 26.3 Å². The number of hydrogen-bond acceptors (Lipinski definition) is 2. The second kappa shape index (κ2) is 10.8. The first-order chi connectivity index (χ1) is 8.07. The predicted molar refractivity (Wildman–Crippen MR) is 85.3 cm³/mol. The van der Waals surface area contributed by atoms with E-state index in [0.29, 0.717) is 0 Å². The molecule has 0 N–H and O–H groups in total. The molecule has 0 unspecified atom stereocenters. The maximum atomic E-state index is 10.3. The van der Waals surface area contributed by atoms with Gasteiger partial charge < -0.3 is 40.6 Å².